The van der Waals surface area contributed by atoms with Crippen LogP contribution in [0.2, 0.25) is 0 Å². The van der Waals surface area contributed by atoms with E-state index in [-0.39, 0.29) is 0 Å². The lowest BCUT2D eigenvalue weighted by molar-refractivity contribution is 0.174. The predicted molar refractivity (Wildman–Crippen MR) is 59.6 cm³/mol. The maximum Gasteiger partial charge on any atom is 0.0947 e. The Bertz CT molecular complexity index is 400. The van der Waals surface area contributed by atoms with E-state index in [0.29, 0.717) is 13.1 Å². The average Bonchev–Trinajstić information content (AvgIpc) is 2.83. The number of rotatable bonds is 5. The number of aliphatic hydroxyl groups is 1. The third-order valence-corrected chi connectivity index (χ3v) is 2.34. The van der Waals surface area contributed by atoms with Crippen LogP contribution >= 0.6 is 0 Å². The minimum atomic E-state index is -0.505. The molecule has 2 aromatic heterocycles. The van der Waals surface area contributed by atoms with Crippen LogP contribution in [0.5, 0.6) is 0 Å². The maximum atomic E-state index is 9.84. The van der Waals surface area contributed by atoms with Gasteiger partial charge in [-0.2, -0.15) is 0 Å². The fourth-order valence-electron chi connectivity index (χ4n) is 1.45. The molecule has 84 valence electrons. The van der Waals surface area contributed by atoms with Crippen molar-refractivity contribution in [2.75, 3.05) is 6.54 Å². The van der Waals surface area contributed by atoms with E-state index >= 15 is 0 Å². The Kier molecular flexibility index (Phi) is 3.69. The van der Waals surface area contributed by atoms with Crippen LogP contribution in [0.1, 0.15) is 17.2 Å². The monoisotopic (exact) mass is 218 g/mol. The van der Waals surface area contributed by atoms with Crippen molar-refractivity contribution in [3.05, 3.63) is 54.2 Å². The lowest BCUT2D eigenvalue weighted by Gasteiger charge is -2.11. The quantitative estimate of drug-likeness (QED) is 0.798. The summed E-state index contributed by atoms with van der Waals surface area (Å²) in [6.07, 6.45) is 6.17. The Balaban J connectivity index is 1.78. The van der Waals surface area contributed by atoms with Gasteiger partial charge in [0.15, 0.2) is 0 Å². The van der Waals surface area contributed by atoms with Gasteiger partial charge in [-0.25, -0.2) is 0 Å². The number of nitrogens with zero attached hydrogens (tertiary/aromatic N) is 1. The van der Waals surface area contributed by atoms with Crippen molar-refractivity contribution in [2.45, 2.75) is 12.6 Å². The molecule has 2 rings (SSSR count). The number of furan rings is 1. The number of nitrogens with one attached hydrogen (secondary N) is 1. The van der Waals surface area contributed by atoms with E-state index in [1.807, 2.05) is 18.2 Å². The molecule has 0 aliphatic heterocycles. The second-order valence-electron chi connectivity index (χ2n) is 3.56. The van der Waals surface area contributed by atoms with Crippen LogP contribution in [-0.2, 0) is 6.54 Å². The van der Waals surface area contributed by atoms with E-state index in [1.165, 1.54) is 0 Å². The minimum Gasteiger partial charge on any atom is -0.472 e. The van der Waals surface area contributed by atoms with Crippen molar-refractivity contribution in [3.8, 4) is 0 Å². The molecule has 4 heteroatoms. The van der Waals surface area contributed by atoms with Gasteiger partial charge in [0.2, 0.25) is 0 Å². The molecule has 0 aliphatic carbocycles. The largest absolute Gasteiger partial charge is 0.472 e. The molecule has 0 saturated heterocycles. The summed E-state index contributed by atoms with van der Waals surface area (Å²) in [6, 6.07) is 5.51. The molecule has 1 unspecified atom stereocenters. The topological polar surface area (TPSA) is 58.3 Å². The summed E-state index contributed by atoms with van der Waals surface area (Å²) in [5.74, 6) is 0. The number of aliphatic hydroxyl groups excluding tert-OH is 1. The molecule has 0 saturated carbocycles. The molecule has 2 N–H and O–H groups in total. The Morgan fingerprint density at radius 1 is 1.31 bits per heavy atom. The van der Waals surface area contributed by atoms with Gasteiger partial charge in [-0.1, -0.05) is 0 Å². The first-order valence-electron chi connectivity index (χ1n) is 5.16. The first-order chi connectivity index (χ1) is 7.86. The lowest BCUT2D eigenvalue weighted by Crippen LogP contribution is -2.20. The van der Waals surface area contributed by atoms with Crippen molar-refractivity contribution >= 4 is 0 Å². The van der Waals surface area contributed by atoms with Crippen molar-refractivity contribution < 1.29 is 9.52 Å². The highest BCUT2D eigenvalue weighted by molar-refractivity contribution is 5.13. The highest BCUT2D eigenvalue weighted by atomic mass is 16.3. The fraction of sp³-hybridized carbons (Fsp3) is 0.250. The Labute approximate surface area is 93.9 Å². The zero-order valence-corrected chi connectivity index (χ0v) is 8.84. The van der Waals surface area contributed by atoms with Crippen LogP contribution in [0.15, 0.2) is 47.5 Å². The molecule has 0 aromatic carbocycles. The molecule has 16 heavy (non-hydrogen) atoms. The van der Waals surface area contributed by atoms with Crippen LogP contribution in [0.25, 0.3) is 0 Å². The summed E-state index contributed by atoms with van der Waals surface area (Å²) in [4.78, 5) is 3.90. The SMILES string of the molecule is OC(CNCc1ccoc1)c1ccncc1. The van der Waals surface area contributed by atoms with Crippen molar-refractivity contribution in [2.24, 2.45) is 0 Å². The van der Waals surface area contributed by atoms with Crippen molar-refractivity contribution in [3.63, 3.8) is 0 Å². The molecule has 0 aliphatic rings. The van der Waals surface area contributed by atoms with Crippen LogP contribution in [-0.4, -0.2) is 16.6 Å². The van der Waals surface area contributed by atoms with Gasteiger partial charge in [0.25, 0.3) is 0 Å². The number of hydrogen-bond acceptors (Lipinski definition) is 4. The summed E-state index contributed by atoms with van der Waals surface area (Å²) in [7, 11) is 0. The Morgan fingerprint density at radius 2 is 2.12 bits per heavy atom. The van der Waals surface area contributed by atoms with Crippen LogP contribution in [0, 0.1) is 0 Å². The Morgan fingerprint density at radius 3 is 2.81 bits per heavy atom. The molecular formula is C12H14N2O2. The first kappa shape index (κ1) is 10.9. The fourth-order valence-corrected chi connectivity index (χ4v) is 1.45. The van der Waals surface area contributed by atoms with Gasteiger partial charge in [-0.05, 0) is 23.8 Å². The van der Waals surface area contributed by atoms with E-state index in [1.54, 1.807) is 24.9 Å². The van der Waals surface area contributed by atoms with E-state index < -0.39 is 6.10 Å². The Hall–Kier alpha value is -1.65. The van der Waals surface area contributed by atoms with Gasteiger partial charge in [-0.3, -0.25) is 4.98 Å². The lowest BCUT2D eigenvalue weighted by atomic mass is 10.1. The van der Waals surface area contributed by atoms with Gasteiger partial charge in [-0.15, -0.1) is 0 Å². The van der Waals surface area contributed by atoms with E-state index in [4.69, 9.17) is 4.42 Å². The van der Waals surface area contributed by atoms with E-state index in [2.05, 4.69) is 10.3 Å². The maximum absolute atomic E-state index is 9.84. The predicted octanol–water partition coefficient (Wildman–Crippen LogP) is 1.50. The summed E-state index contributed by atoms with van der Waals surface area (Å²) in [5.41, 5.74) is 1.94. The molecule has 0 fully saturated rings. The number of aromatic nitrogens is 1. The van der Waals surface area contributed by atoms with Crippen molar-refractivity contribution in [1.29, 1.82) is 0 Å². The number of pyridine rings is 1. The first-order valence-corrected chi connectivity index (χ1v) is 5.16. The van der Waals surface area contributed by atoms with Gasteiger partial charge < -0.3 is 14.8 Å². The molecule has 0 bridgehead atoms. The minimum absolute atomic E-state index is 0.505. The highest BCUT2D eigenvalue weighted by Gasteiger charge is 2.05. The van der Waals surface area contributed by atoms with Crippen LogP contribution in [0.4, 0.5) is 0 Å². The summed E-state index contributed by atoms with van der Waals surface area (Å²) >= 11 is 0. The smallest absolute Gasteiger partial charge is 0.0947 e. The highest BCUT2D eigenvalue weighted by Crippen LogP contribution is 2.09. The van der Waals surface area contributed by atoms with E-state index in [9.17, 15) is 5.11 Å². The molecule has 0 radical (unpaired) electrons. The van der Waals surface area contributed by atoms with Crippen LogP contribution < -0.4 is 5.32 Å². The van der Waals surface area contributed by atoms with Crippen molar-refractivity contribution in [1.82, 2.24) is 10.3 Å². The van der Waals surface area contributed by atoms with Gasteiger partial charge in [0.1, 0.15) is 0 Å². The van der Waals surface area contributed by atoms with Gasteiger partial charge in [0, 0.05) is 31.0 Å². The molecule has 2 heterocycles. The second kappa shape index (κ2) is 5.44. The third-order valence-electron chi connectivity index (χ3n) is 2.34. The molecule has 2 aromatic rings. The third kappa shape index (κ3) is 2.92. The second-order valence-corrected chi connectivity index (χ2v) is 3.56. The standard InChI is InChI=1S/C12H14N2O2/c15-12(11-1-4-13-5-2-11)8-14-7-10-3-6-16-9-10/h1-6,9,12,14-15H,7-8H2. The molecular weight excluding hydrogens is 204 g/mol. The molecule has 0 amide bonds. The summed E-state index contributed by atoms with van der Waals surface area (Å²) < 4.78 is 4.95. The average molecular weight is 218 g/mol. The van der Waals surface area contributed by atoms with Gasteiger partial charge in [0.05, 0.1) is 18.6 Å². The molecule has 0 spiro atoms. The molecule has 1 atom stereocenters. The van der Waals surface area contributed by atoms with Gasteiger partial charge >= 0.3 is 0 Å². The zero-order valence-electron chi connectivity index (χ0n) is 8.84. The molecule has 4 nitrogen and oxygen atoms in total. The normalized spacial score (nSPS) is 12.6. The zero-order chi connectivity index (χ0) is 11.2. The summed E-state index contributed by atoms with van der Waals surface area (Å²) in [6.45, 7) is 1.20. The van der Waals surface area contributed by atoms with E-state index in [0.717, 1.165) is 11.1 Å². The summed E-state index contributed by atoms with van der Waals surface area (Å²) in [5, 5.41) is 13.0. The number of hydrogen-bond donors (Lipinski definition) is 2. The van der Waals surface area contributed by atoms with Crippen LogP contribution in [0.3, 0.4) is 0 Å².